The number of hydrogen-bond acceptors (Lipinski definition) is 3. The highest BCUT2D eigenvalue weighted by atomic mass is 16.5. The first kappa shape index (κ1) is 20.7. The summed E-state index contributed by atoms with van der Waals surface area (Å²) in [6.45, 7) is 4.76. The molecule has 0 radical (unpaired) electrons. The molecule has 0 saturated carbocycles. The summed E-state index contributed by atoms with van der Waals surface area (Å²) in [7, 11) is 0. The fourth-order valence-corrected chi connectivity index (χ4v) is 3.38. The third-order valence-corrected chi connectivity index (χ3v) is 5.20. The van der Waals surface area contributed by atoms with Crippen LogP contribution in [0.3, 0.4) is 0 Å². The molecule has 3 heteroatoms. The predicted molar refractivity (Wildman–Crippen MR) is 109 cm³/mol. The molecule has 142 valence electrons. The quantitative estimate of drug-likeness (QED) is 0.429. The zero-order chi connectivity index (χ0) is 19.5. The minimum absolute atomic E-state index is 0.218. The highest BCUT2D eigenvalue weighted by molar-refractivity contribution is 5.82. The van der Waals surface area contributed by atoms with E-state index in [-0.39, 0.29) is 11.9 Å². The summed E-state index contributed by atoms with van der Waals surface area (Å²) in [4.78, 5) is 12.2. The van der Waals surface area contributed by atoms with Gasteiger partial charge in [0.2, 0.25) is 0 Å². The Bertz CT molecular complexity index is 726. The molecule has 1 aliphatic rings. The molecule has 3 nitrogen and oxygen atoms in total. The zero-order valence-corrected chi connectivity index (χ0v) is 16.3. The maximum atomic E-state index is 12.2. The standard InChI is InChI=1S/C24H29NO2/c1-3-5-11-20(4-2)18-27-23(26)16-15-22-14-9-10-17-24(22,19-25)21-12-7-6-8-13-21/h6-10,12-17,20,22H,3-5,11,18H2,1-2H3/b16-15+. The molecule has 0 heterocycles. The highest BCUT2D eigenvalue weighted by Crippen LogP contribution is 2.37. The van der Waals surface area contributed by atoms with E-state index < -0.39 is 5.41 Å². The van der Waals surface area contributed by atoms with Crippen molar-refractivity contribution >= 4 is 5.97 Å². The maximum absolute atomic E-state index is 12.2. The van der Waals surface area contributed by atoms with Crippen LogP contribution in [0.25, 0.3) is 0 Å². The van der Waals surface area contributed by atoms with Gasteiger partial charge in [0.25, 0.3) is 0 Å². The average Bonchev–Trinajstić information content (AvgIpc) is 2.73. The van der Waals surface area contributed by atoms with Crippen LogP contribution in [0.4, 0.5) is 0 Å². The molecule has 0 spiro atoms. The molecule has 0 N–H and O–H groups in total. The van der Waals surface area contributed by atoms with Gasteiger partial charge in [-0.05, 0) is 17.9 Å². The van der Waals surface area contributed by atoms with Crippen molar-refractivity contribution < 1.29 is 9.53 Å². The second kappa shape index (κ2) is 10.5. The zero-order valence-electron chi connectivity index (χ0n) is 16.3. The number of esters is 1. The Morgan fingerprint density at radius 3 is 2.74 bits per heavy atom. The van der Waals surface area contributed by atoms with Crippen molar-refractivity contribution in [2.75, 3.05) is 6.61 Å². The van der Waals surface area contributed by atoms with Crippen molar-refractivity contribution in [2.24, 2.45) is 11.8 Å². The summed E-state index contributed by atoms with van der Waals surface area (Å²) in [5, 5.41) is 9.94. The summed E-state index contributed by atoms with van der Waals surface area (Å²) in [6.07, 6.45) is 15.3. The lowest BCUT2D eigenvalue weighted by molar-refractivity contribution is -0.139. The van der Waals surface area contributed by atoms with Gasteiger partial charge in [0.1, 0.15) is 5.41 Å². The van der Waals surface area contributed by atoms with E-state index in [2.05, 4.69) is 19.9 Å². The van der Waals surface area contributed by atoms with Gasteiger partial charge in [0.15, 0.2) is 0 Å². The molecule has 0 bridgehead atoms. The topological polar surface area (TPSA) is 50.1 Å². The molecule has 0 aromatic heterocycles. The first-order valence-electron chi connectivity index (χ1n) is 9.84. The van der Waals surface area contributed by atoms with E-state index in [1.807, 2.05) is 54.6 Å². The van der Waals surface area contributed by atoms with Gasteiger partial charge in [0.05, 0.1) is 12.7 Å². The fourth-order valence-electron chi connectivity index (χ4n) is 3.38. The molecule has 27 heavy (non-hydrogen) atoms. The number of nitriles is 1. The number of unbranched alkanes of at least 4 members (excludes halogenated alkanes) is 1. The molecule has 0 saturated heterocycles. The van der Waals surface area contributed by atoms with Gasteiger partial charge in [-0.1, -0.05) is 93.8 Å². The van der Waals surface area contributed by atoms with E-state index in [9.17, 15) is 10.1 Å². The van der Waals surface area contributed by atoms with Crippen LogP contribution in [0.15, 0.2) is 66.8 Å². The van der Waals surface area contributed by atoms with Gasteiger partial charge >= 0.3 is 5.97 Å². The third kappa shape index (κ3) is 5.44. The van der Waals surface area contributed by atoms with Gasteiger partial charge in [-0.2, -0.15) is 5.26 Å². The average molecular weight is 364 g/mol. The Hall–Kier alpha value is -2.60. The van der Waals surface area contributed by atoms with Crippen molar-refractivity contribution in [3.8, 4) is 6.07 Å². The first-order valence-corrected chi connectivity index (χ1v) is 9.84. The Labute approximate surface area is 163 Å². The van der Waals surface area contributed by atoms with Crippen LogP contribution in [0, 0.1) is 23.2 Å². The third-order valence-electron chi connectivity index (χ3n) is 5.20. The lowest BCUT2D eigenvalue weighted by Crippen LogP contribution is -2.31. The summed E-state index contributed by atoms with van der Waals surface area (Å²) in [5.74, 6) is -0.139. The number of benzene rings is 1. The lowest BCUT2D eigenvalue weighted by Gasteiger charge is -2.31. The van der Waals surface area contributed by atoms with Gasteiger partial charge in [0, 0.05) is 12.0 Å². The van der Waals surface area contributed by atoms with Crippen LogP contribution in [0.5, 0.6) is 0 Å². The molecule has 2 rings (SSSR count). The van der Waals surface area contributed by atoms with E-state index in [0.717, 1.165) is 31.2 Å². The Balaban J connectivity index is 2.05. The van der Waals surface area contributed by atoms with Crippen LogP contribution in [0.1, 0.15) is 45.1 Å². The van der Waals surface area contributed by atoms with Gasteiger partial charge in [-0.15, -0.1) is 0 Å². The van der Waals surface area contributed by atoms with E-state index in [1.165, 1.54) is 6.08 Å². The summed E-state index contributed by atoms with van der Waals surface area (Å²) in [6, 6.07) is 12.1. The van der Waals surface area contributed by atoms with Crippen molar-refractivity contribution in [2.45, 2.75) is 44.9 Å². The second-order valence-electron chi connectivity index (χ2n) is 7.02. The second-order valence-corrected chi connectivity index (χ2v) is 7.02. The van der Waals surface area contributed by atoms with Crippen molar-refractivity contribution in [3.63, 3.8) is 0 Å². The normalized spacial score (nSPS) is 22.5. The van der Waals surface area contributed by atoms with Gasteiger partial charge in [-0.25, -0.2) is 4.79 Å². The SMILES string of the molecule is CCCCC(CC)COC(=O)/C=C/C1C=CC=CC1(C#N)c1ccccc1. The van der Waals surface area contributed by atoms with E-state index in [1.54, 1.807) is 6.08 Å². The Morgan fingerprint density at radius 1 is 1.30 bits per heavy atom. The molecule has 0 fully saturated rings. The maximum Gasteiger partial charge on any atom is 0.330 e. The Morgan fingerprint density at radius 2 is 2.07 bits per heavy atom. The Kier molecular flexibility index (Phi) is 8.07. The lowest BCUT2D eigenvalue weighted by atomic mass is 9.69. The number of rotatable bonds is 9. The number of allylic oxidation sites excluding steroid dienone is 5. The minimum Gasteiger partial charge on any atom is -0.462 e. The summed E-state index contributed by atoms with van der Waals surface area (Å²) < 4.78 is 5.44. The largest absolute Gasteiger partial charge is 0.462 e. The molecular weight excluding hydrogens is 334 g/mol. The monoisotopic (exact) mass is 363 g/mol. The molecule has 3 unspecified atom stereocenters. The van der Waals surface area contributed by atoms with Crippen LogP contribution < -0.4 is 0 Å². The number of carbonyl (C=O) groups is 1. The van der Waals surface area contributed by atoms with Crippen LogP contribution in [0.2, 0.25) is 0 Å². The molecule has 1 aromatic rings. The van der Waals surface area contributed by atoms with Crippen molar-refractivity contribution in [1.29, 1.82) is 5.26 Å². The van der Waals surface area contributed by atoms with E-state index >= 15 is 0 Å². The van der Waals surface area contributed by atoms with Crippen LogP contribution >= 0.6 is 0 Å². The number of hydrogen-bond donors (Lipinski definition) is 0. The van der Waals surface area contributed by atoms with E-state index in [0.29, 0.717) is 12.5 Å². The fraction of sp³-hybridized carbons (Fsp3) is 0.417. The van der Waals surface area contributed by atoms with Gasteiger partial charge in [-0.3, -0.25) is 0 Å². The molecule has 1 aliphatic carbocycles. The minimum atomic E-state index is -0.806. The summed E-state index contributed by atoms with van der Waals surface area (Å²) in [5.41, 5.74) is 0.113. The molecule has 3 atom stereocenters. The molecular formula is C24H29NO2. The number of ether oxygens (including phenoxy) is 1. The van der Waals surface area contributed by atoms with Crippen LogP contribution in [-0.4, -0.2) is 12.6 Å². The van der Waals surface area contributed by atoms with Crippen molar-refractivity contribution in [3.05, 3.63) is 72.4 Å². The highest BCUT2D eigenvalue weighted by Gasteiger charge is 2.37. The predicted octanol–water partition coefficient (Wildman–Crippen LogP) is 5.51. The summed E-state index contributed by atoms with van der Waals surface area (Å²) >= 11 is 0. The number of carbonyl (C=O) groups excluding carboxylic acids is 1. The van der Waals surface area contributed by atoms with Crippen molar-refractivity contribution in [1.82, 2.24) is 0 Å². The van der Waals surface area contributed by atoms with Gasteiger partial charge < -0.3 is 4.74 Å². The number of nitrogens with zero attached hydrogens (tertiary/aromatic N) is 1. The molecule has 0 amide bonds. The van der Waals surface area contributed by atoms with E-state index in [4.69, 9.17) is 4.74 Å². The van der Waals surface area contributed by atoms with Crippen LogP contribution in [-0.2, 0) is 14.9 Å². The molecule has 1 aromatic carbocycles. The first-order chi connectivity index (χ1) is 13.2. The molecule has 0 aliphatic heterocycles. The smallest absolute Gasteiger partial charge is 0.330 e.